The van der Waals surface area contributed by atoms with Gasteiger partial charge in [-0.1, -0.05) is 30.3 Å². The maximum absolute atomic E-state index is 12.5. The van der Waals surface area contributed by atoms with E-state index in [1.54, 1.807) is 0 Å². The minimum absolute atomic E-state index is 0.0745. The summed E-state index contributed by atoms with van der Waals surface area (Å²) in [5, 5.41) is 11.7. The second kappa shape index (κ2) is 6.41. The first-order valence-corrected chi connectivity index (χ1v) is 7.02. The Labute approximate surface area is 119 Å². The molecular weight excluding hydrogens is 254 g/mol. The first-order chi connectivity index (χ1) is 9.67. The van der Waals surface area contributed by atoms with Crippen molar-refractivity contribution in [2.45, 2.75) is 26.2 Å². The molecule has 0 bridgehead atoms. The fourth-order valence-corrected chi connectivity index (χ4v) is 2.67. The molecule has 1 heterocycles. The lowest BCUT2D eigenvalue weighted by atomic mass is 9.94. The minimum atomic E-state index is 0.0745. The van der Waals surface area contributed by atoms with Crippen LogP contribution >= 0.6 is 0 Å². The van der Waals surface area contributed by atoms with Crippen molar-refractivity contribution in [2.24, 2.45) is 16.8 Å². The number of carbonyl (C=O) groups is 1. The van der Waals surface area contributed by atoms with Crippen LogP contribution in [0.5, 0.6) is 0 Å². The van der Waals surface area contributed by atoms with Crippen LogP contribution in [0.4, 0.5) is 0 Å². The van der Waals surface area contributed by atoms with Gasteiger partial charge in [0.1, 0.15) is 5.84 Å². The van der Waals surface area contributed by atoms with Crippen LogP contribution in [0.3, 0.4) is 0 Å². The number of rotatable bonds is 3. The van der Waals surface area contributed by atoms with E-state index in [1.165, 1.54) is 0 Å². The molecule has 1 aromatic carbocycles. The van der Waals surface area contributed by atoms with E-state index >= 15 is 0 Å². The normalized spacial score (nSPS) is 17.2. The highest BCUT2D eigenvalue weighted by Gasteiger charge is 2.26. The van der Waals surface area contributed by atoms with E-state index in [9.17, 15) is 4.79 Å². The Hall–Kier alpha value is -2.04. The number of piperidine rings is 1. The fourth-order valence-electron chi connectivity index (χ4n) is 2.67. The molecule has 2 rings (SSSR count). The van der Waals surface area contributed by atoms with Crippen molar-refractivity contribution in [1.82, 2.24) is 4.90 Å². The van der Waals surface area contributed by atoms with Crippen LogP contribution in [0.1, 0.15) is 35.7 Å². The van der Waals surface area contributed by atoms with Crippen LogP contribution in [0.15, 0.2) is 29.4 Å². The summed E-state index contributed by atoms with van der Waals surface area (Å²) in [7, 11) is 0. The maximum atomic E-state index is 12.5. The Kier molecular flexibility index (Phi) is 4.61. The van der Waals surface area contributed by atoms with Crippen LogP contribution in [0.2, 0.25) is 0 Å². The third kappa shape index (κ3) is 2.92. The summed E-state index contributed by atoms with van der Waals surface area (Å²) >= 11 is 0. The highest BCUT2D eigenvalue weighted by atomic mass is 16.4. The van der Waals surface area contributed by atoms with Crippen molar-refractivity contribution < 1.29 is 10.0 Å². The van der Waals surface area contributed by atoms with Crippen molar-refractivity contribution in [3.05, 3.63) is 35.4 Å². The van der Waals surface area contributed by atoms with Gasteiger partial charge in [0.15, 0.2) is 0 Å². The summed E-state index contributed by atoms with van der Waals surface area (Å²) in [5.41, 5.74) is 7.49. The Morgan fingerprint density at radius 2 is 2.05 bits per heavy atom. The molecule has 0 unspecified atom stereocenters. The first kappa shape index (κ1) is 14.4. The summed E-state index contributed by atoms with van der Waals surface area (Å²) < 4.78 is 0. The first-order valence-electron chi connectivity index (χ1n) is 7.02. The molecule has 1 aliphatic rings. The van der Waals surface area contributed by atoms with Crippen molar-refractivity contribution in [1.29, 1.82) is 0 Å². The number of hydrogen-bond donors (Lipinski definition) is 2. The molecule has 1 saturated heterocycles. The number of amides is 1. The van der Waals surface area contributed by atoms with Gasteiger partial charge in [-0.15, -0.1) is 0 Å². The molecule has 1 fully saturated rings. The predicted molar refractivity (Wildman–Crippen MR) is 77.9 cm³/mol. The van der Waals surface area contributed by atoms with Crippen LogP contribution in [0.25, 0.3) is 0 Å². The van der Waals surface area contributed by atoms with E-state index in [-0.39, 0.29) is 17.7 Å². The van der Waals surface area contributed by atoms with Gasteiger partial charge in [-0.25, -0.2) is 0 Å². The van der Waals surface area contributed by atoms with E-state index in [0.29, 0.717) is 13.1 Å². The van der Waals surface area contributed by atoms with Gasteiger partial charge in [0.25, 0.3) is 5.91 Å². The Morgan fingerprint density at radius 1 is 1.40 bits per heavy atom. The molecule has 0 spiro atoms. The molecule has 1 aliphatic heterocycles. The van der Waals surface area contributed by atoms with E-state index < -0.39 is 0 Å². The van der Waals surface area contributed by atoms with Crippen molar-refractivity contribution >= 4 is 11.7 Å². The molecule has 5 nitrogen and oxygen atoms in total. The van der Waals surface area contributed by atoms with Crippen LogP contribution in [0, 0.1) is 5.92 Å². The Bertz CT molecular complexity index is 506. The van der Waals surface area contributed by atoms with Crippen molar-refractivity contribution in [2.75, 3.05) is 13.1 Å². The van der Waals surface area contributed by atoms with Crippen LogP contribution in [-0.4, -0.2) is 34.9 Å². The molecule has 3 N–H and O–H groups in total. The highest BCUT2D eigenvalue weighted by molar-refractivity contribution is 5.96. The lowest BCUT2D eigenvalue weighted by Crippen LogP contribution is -2.42. The van der Waals surface area contributed by atoms with Gasteiger partial charge in [0, 0.05) is 24.6 Å². The quantitative estimate of drug-likeness (QED) is 0.382. The van der Waals surface area contributed by atoms with Crippen molar-refractivity contribution in [3.8, 4) is 0 Å². The molecule has 1 amide bonds. The minimum Gasteiger partial charge on any atom is -0.409 e. The lowest BCUT2D eigenvalue weighted by molar-refractivity contribution is 0.0708. The van der Waals surface area contributed by atoms with Gasteiger partial charge in [0.2, 0.25) is 0 Å². The number of carbonyl (C=O) groups excluding carboxylic acids is 1. The van der Waals surface area contributed by atoms with E-state index in [2.05, 4.69) is 12.1 Å². The van der Waals surface area contributed by atoms with Crippen LogP contribution in [-0.2, 0) is 6.42 Å². The molecule has 20 heavy (non-hydrogen) atoms. The molecule has 5 heteroatoms. The second-order valence-corrected chi connectivity index (χ2v) is 5.10. The van der Waals surface area contributed by atoms with E-state index in [1.807, 2.05) is 29.2 Å². The van der Waals surface area contributed by atoms with E-state index in [0.717, 1.165) is 30.4 Å². The zero-order valence-electron chi connectivity index (χ0n) is 11.7. The number of benzene rings is 1. The molecule has 0 saturated carbocycles. The van der Waals surface area contributed by atoms with Gasteiger partial charge < -0.3 is 15.8 Å². The third-order valence-corrected chi connectivity index (χ3v) is 3.94. The fraction of sp³-hybridized carbons (Fsp3) is 0.467. The van der Waals surface area contributed by atoms with Gasteiger partial charge in [0.05, 0.1) is 0 Å². The Balaban J connectivity index is 2.05. The molecular formula is C15H21N3O2. The van der Waals surface area contributed by atoms with Gasteiger partial charge in [-0.2, -0.15) is 0 Å². The van der Waals surface area contributed by atoms with Crippen LogP contribution < -0.4 is 5.73 Å². The number of likely N-dealkylation sites (tertiary alicyclic amines) is 1. The summed E-state index contributed by atoms with van der Waals surface area (Å²) in [6.45, 7) is 3.35. The molecule has 108 valence electrons. The summed E-state index contributed by atoms with van der Waals surface area (Å²) in [6.07, 6.45) is 2.34. The highest BCUT2D eigenvalue weighted by Crippen LogP contribution is 2.20. The van der Waals surface area contributed by atoms with Gasteiger partial charge in [-0.05, 0) is 30.9 Å². The summed E-state index contributed by atoms with van der Waals surface area (Å²) in [4.78, 5) is 14.4. The Morgan fingerprint density at radius 3 is 2.65 bits per heavy atom. The average molecular weight is 275 g/mol. The molecule has 0 aliphatic carbocycles. The lowest BCUT2D eigenvalue weighted by Gasteiger charge is -2.31. The maximum Gasteiger partial charge on any atom is 0.254 e. The number of nitrogens with two attached hydrogens (primary N) is 1. The standard InChI is InChI=1S/C15H21N3O2/c1-2-11-5-3-4-6-13(11)15(19)18-9-7-12(8-10-18)14(16)17-20/h3-6,12,20H,2,7-10H2,1H3,(H2,16,17). The number of aryl methyl sites for hydroxylation is 1. The van der Waals surface area contributed by atoms with Gasteiger partial charge in [-0.3, -0.25) is 4.79 Å². The molecule has 1 aromatic rings. The second-order valence-electron chi connectivity index (χ2n) is 5.10. The number of hydrogen-bond acceptors (Lipinski definition) is 3. The zero-order chi connectivity index (χ0) is 14.5. The number of amidine groups is 1. The smallest absolute Gasteiger partial charge is 0.254 e. The molecule has 0 aromatic heterocycles. The average Bonchev–Trinajstić information content (AvgIpc) is 2.53. The molecule has 0 radical (unpaired) electrons. The SMILES string of the molecule is CCc1ccccc1C(=O)N1CCC(/C(N)=N/O)CC1. The largest absolute Gasteiger partial charge is 0.409 e. The zero-order valence-corrected chi connectivity index (χ0v) is 11.7. The number of oxime groups is 1. The third-order valence-electron chi connectivity index (χ3n) is 3.94. The topological polar surface area (TPSA) is 78.9 Å². The monoisotopic (exact) mass is 275 g/mol. The van der Waals surface area contributed by atoms with Gasteiger partial charge >= 0.3 is 0 Å². The van der Waals surface area contributed by atoms with Crippen molar-refractivity contribution in [3.63, 3.8) is 0 Å². The summed E-state index contributed by atoms with van der Waals surface area (Å²) in [6, 6.07) is 7.74. The summed E-state index contributed by atoms with van der Waals surface area (Å²) in [5.74, 6) is 0.428. The predicted octanol–water partition coefficient (Wildman–Crippen LogP) is 1.85. The van der Waals surface area contributed by atoms with E-state index in [4.69, 9.17) is 10.9 Å². The molecule has 0 atom stereocenters. The number of nitrogens with zero attached hydrogens (tertiary/aromatic N) is 2.